The van der Waals surface area contributed by atoms with Gasteiger partial charge in [-0.05, 0) is 232 Å². The molecule has 2 fully saturated rings. The molecule has 446 valence electrons. The van der Waals surface area contributed by atoms with Crippen LogP contribution >= 0.6 is 0 Å². The maximum Gasteiger partial charge on any atom is 0.125 e. The molecule has 7 atom stereocenters. The van der Waals surface area contributed by atoms with Crippen LogP contribution in [0.2, 0.25) is 0 Å². The van der Waals surface area contributed by atoms with E-state index < -0.39 is 23.2 Å². The summed E-state index contributed by atoms with van der Waals surface area (Å²) in [4.78, 5) is 0. The summed E-state index contributed by atoms with van der Waals surface area (Å²) in [5.41, 5.74) is 17.8. The smallest absolute Gasteiger partial charge is 0.125 e. The molecule has 2 saturated heterocycles. The first-order chi connectivity index (χ1) is 40.3. The largest absolute Gasteiger partial charge is 0.491 e. The first kappa shape index (κ1) is 62.0. The second-order valence-electron chi connectivity index (χ2n) is 24.2. The number of epoxide rings is 2. The Morgan fingerprint density at radius 3 is 1.27 bits per heavy atom. The molecule has 2 aliphatic heterocycles. The van der Waals surface area contributed by atoms with Gasteiger partial charge in [0, 0.05) is 5.41 Å². The number of aliphatic hydroxyl groups is 2. The zero-order valence-corrected chi connectivity index (χ0v) is 52.1. The maximum absolute atomic E-state index is 11.3. The van der Waals surface area contributed by atoms with Crippen molar-refractivity contribution < 1.29 is 48.1 Å². The van der Waals surface area contributed by atoms with E-state index in [2.05, 4.69) is 187 Å². The van der Waals surface area contributed by atoms with Crippen LogP contribution in [0.25, 0.3) is 22.3 Å². The van der Waals surface area contributed by atoms with Gasteiger partial charge in [-0.1, -0.05) is 106 Å². The van der Waals surface area contributed by atoms with Crippen molar-refractivity contribution in [1.29, 1.82) is 0 Å². The first-order valence-corrected chi connectivity index (χ1v) is 30.4. The molecule has 7 unspecified atom stereocenters. The third kappa shape index (κ3) is 14.2. The Hall–Kier alpha value is -6.50. The summed E-state index contributed by atoms with van der Waals surface area (Å²) in [6, 6.07) is 44.5. The van der Waals surface area contributed by atoms with Gasteiger partial charge in [0.2, 0.25) is 0 Å². The van der Waals surface area contributed by atoms with Gasteiger partial charge in [0.25, 0.3) is 0 Å². The van der Waals surface area contributed by atoms with Crippen molar-refractivity contribution in [2.45, 2.75) is 157 Å². The highest BCUT2D eigenvalue weighted by Crippen LogP contribution is 2.44. The minimum Gasteiger partial charge on any atom is -0.491 e. The van der Waals surface area contributed by atoms with Gasteiger partial charge in [0.1, 0.15) is 73.8 Å². The molecule has 0 bridgehead atoms. The van der Waals surface area contributed by atoms with E-state index in [1.54, 1.807) is 0 Å². The van der Waals surface area contributed by atoms with Gasteiger partial charge < -0.3 is 48.1 Å². The van der Waals surface area contributed by atoms with E-state index in [9.17, 15) is 10.2 Å². The molecule has 0 radical (unpaired) electrons. The van der Waals surface area contributed by atoms with Crippen LogP contribution < -0.4 is 18.9 Å². The molecule has 2 heterocycles. The zero-order chi connectivity index (χ0) is 59.9. The van der Waals surface area contributed by atoms with Crippen molar-refractivity contribution in [3.8, 4) is 45.3 Å². The molecule has 10 nitrogen and oxygen atoms in total. The van der Waals surface area contributed by atoms with E-state index in [0.29, 0.717) is 24.7 Å². The number of hydrogen-bond acceptors (Lipinski definition) is 10. The van der Waals surface area contributed by atoms with Crippen molar-refractivity contribution in [3.63, 3.8) is 0 Å². The number of ether oxygens (including phenoxy) is 8. The molecule has 84 heavy (non-hydrogen) atoms. The van der Waals surface area contributed by atoms with E-state index in [-0.39, 0.29) is 44.2 Å². The first-order valence-electron chi connectivity index (χ1n) is 30.4. The standard InChI is InChI=1S/C74H90O10/c1-14-30-74(16-3,84-46-67-44-80-67)69-49(6)33-56(34-50(69)7)58-35-51(8)70(52(9)36-58)81-41-62(75)39-77-64-26-22-60(23-27-64)73(13,59-20-18-17-19-21-59)61-24-28-65(29-25-61)78-40-63(76)42-83-72(12,15-2)68-47(4)31-55(32-48(68)5)57-37-53(10)71(54(11)38-57)82-45-66-43-79-66/h17-29,31-38,62-63,66-67,75-76H,14-16,30,39-46H2,1-13H3. The molecule has 7 aromatic rings. The predicted octanol–water partition coefficient (Wildman–Crippen LogP) is 15.3. The van der Waals surface area contributed by atoms with Crippen LogP contribution in [0.15, 0.2) is 127 Å². The summed E-state index contributed by atoms with van der Waals surface area (Å²) in [5.74, 6) is 3.01. The molecule has 9 rings (SSSR count). The third-order valence-corrected chi connectivity index (χ3v) is 17.4. The lowest BCUT2D eigenvalue weighted by molar-refractivity contribution is -0.0842. The highest BCUT2D eigenvalue weighted by molar-refractivity contribution is 5.71. The Labute approximate surface area is 500 Å². The minimum absolute atomic E-state index is 0.0719. The van der Waals surface area contributed by atoms with Crippen LogP contribution in [0.1, 0.15) is 133 Å². The molecule has 2 N–H and O–H groups in total. The second kappa shape index (κ2) is 26.8. The van der Waals surface area contributed by atoms with Gasteiger partial charge in [-0.3, -0.25) is 0 Å². The molecule has 0 aromatic heterocycles. The Balaban J connectivity index is 0.788. The van der Waals surface area contributed by atoms with Crippen LogP contribution in [0, 0.1) is 55.4 Å². The van der Waals surface area contributed by atoms with Crippen molar-refractivity contribution >= 4 is 0 Å². The Kier molecular flexibility index (Phi) is 19.8. The number of rotatable bonds is 29. The molecule has 0 aliphatic carbocycles. The van der Waals surface area contributed by atoms with Crippen molar-refractivity contribution in [1.82, 2.24) is 0 Å². The fourth-order valence-electron chi connectivity index (χ4n) is 12.7. The fraction of sp³-hybridized carbons (Fsp3) is 0.432. The zero-order valence-electron chi connectivity index (χ0n) is 52.1. The maximum atomic E-state index is 11.3. The molecule has 0 saturated carbocycles. The summed E-state index contributed by atoms with van der Waals surface area (Å²) in [7, 11) is 0. The SMILES string of the molecule is CCCC(CC)(OCC1CO1)c1c(C)cc(-c2cc(C)c(OCC(O)COc3ccc(C(C)(c4ccccc4)c4ccc(OCC(O)COC(C)(CC)c5c(C)cc(-c6cc(C)c(OCC7CO7)c(C)c6)cc5C)cc4)cc3)c(C)c2)cc1C. The summed E-state index contributed by atoms with van der Waals surface area (Å²) in [5, 5.41) is 22.4. The monoisotopic (exact) mass is 1140 g/mol. The summed E-state index contributed by atoms with van der Waals surface area (Å²) in [6.07, 6.45) is 2.35. The van der Waals surface area contributed by atoms with Crippen LogP contribution in [0.3, 0.4) is 0 Å². The number of benzene rings is 7. The molecular formula is C74H90O10. The lowest BCUT2D eigenvalue weighted by Gasteiger charge is -2.36. The lowest BCUT2D eigenvalue weighted by atomic mass is 9.71. The molecule has 7 aromatic carbocycles. The van der Waals surface area contributed by atoms with E-state index in [1.165, 1.54) is 16.7 Å². The lowest BCUT2D eigenvalue weighted by Crippen LogP contribution is -2.33. The number of aliphatic hydroxyl groups excluding tert-OH is 2. The van der Waals surface area contributed by atoms with Gasteiger partial charge in [-0.25, -0.2) is 0 Å². The summed E-state index contributed by atoms with van der Waals surface area (Å²) in [6.45, 7) is 31.1. The van der Waals surface area contributed by atoms with Gasteiger partial charge in [0.05, 0.1) is 37.6 Å². The average Bonchev–Trinajstić information content (AvgIpc) is 2.75. The minimum atomic E-state index is -0.854. The Morgan fingerprint density at radius 2 is 0.845 bits per heavy atom. The predicted molar refractivity (Wildman–Crippen MR) is 336 cm³/mol. The van der Waals surface area contributed by atoms with Crippen LogP contribution in [-0.2, 0) is 35.6 Å². The highest BCUT2D eigenvalue weighted by atomic mass is 16.6. The quantitative estimate of drug-likeness (QED) is 0.0346. The van der Waals surface area contributed by atoms with E-state index in [0.717, 1.165) is 128 Å². The van der Waals surface area contributed by atoms with Crippen molar-refractivity contribution in [3.05, 3.63) is 200 Å². The van der Waals surface area contributed by atoms with Crippen molar-refractivity contribution in [2.24, 2.45) is 0 Å². The van der Waals surface area contributed by atoms with Gasteiger partial charge >= 0.3 is 0 Å². The molecule has 2 aliphatic rings. The molecule has 0 spiro atoms. The van der Waals surface area contributed by atoms with E-state index in [4.69, 9.17) is 37.9 Å². The highest BCUT2D eigenvalue weighted by Gasteiger charge is 2.37. The summed E-state index contributed by atoms with van der Waals surface area (Å²) < 4.78 is 49.0. The molecule has 10 heteroatoms. The normalized spacial score (nSPS) is 17.6. The Bertz CT molecular complexity index is 3250. The third-order valence-electron chi connectivity index (χ3n) is 17.4. The second-order valence-corrected chi connectivity index (χ2v) is 24.2. The van der Waals surface area contributed by atoms with Gasteiger partial charge in [0.15, 0.2) is 0 Å². The number of hydrogen-bond donors (Lipinski definition) is 2. The Morgan fingerprint density at radius 1 is 0.452 bits per heavy atom. The molecular weight excluding hydrogens is 1050 g/mol. The van der Waals surface area contributed by atoms with Crippen LogP contribution in [-0.4, -0.2) is 87.5 Å². The molecule has 0 amide bonds. The van der Waals surface area contributed by atoms with Crippen molar-refractivity contribution in [2.75, 3.05) is 52.9 Å². The van der Waals surface area contributed by atoms with E-state index >= 15 is 0 Å². The average molecular weight is 1140 g/mol. The van der Waals surface area contributed by atoms with Gasteiger partial charge in [-0.2, -0.15) is 0 Å². The van der Waals surface area contributed by atoms with Crippen LogP contribution in [0.4, 0.5) is 0 Å². The topological polar surface area (TPSA) is 121 Å². The van der Waals surface area contributed by atoms with Gasteiger partial charge in [-0.15, -0.1) is 0 Å². The van der Waals surface area contributed by atoms with E-state index in [1.807, 2.05) is 30.3 Å². The van der Waals surface area contributed by atoms with Crippen LogP contribution in [0.5, 0.6) is 23.0 Å². The summed E-state index contributed by atoms with van der Waals surface area (Å²) >= 11 is 0. The number of aryl methyl sites for hydroxylation is 8. The fourth-order valence-corrected chi connectivity index (χ4v) is 12.7.